The first-order valence-electron chi connectivity index (χ1n) is 14.4. The zero-order valence-corrected chi connectivity index (χ0v) is 22.6. The fourth-order valence-corrected chi connectivity index (χ4v) is 9.17. The average Bonchev–Trinajstić information content (AvgIpc) is 3.18. The van der Waals surface area contributed by atoms with E-state index in [0.29, 0.717) is 5.92 Å². The lowest BCUT2D eigenvalue weighted by atomic mass is 9.45. The smallest absolute Gasteiger partial charge is 0.335 e. The standard InChI is InChI=1S/C30H42O8/c1-16-24(32)25(33)26(34)27(37-16)38-19-8-11-28(2)18(14-19)5-6-22-21(28)9-12-29(3)20(10-13-30(22,29)35)17-4-7-23(31)36-15-17/h4,7,14-16,19-22,24-27,32-35H,5-6,8-13H2,1-3H3/t16-,19-,20+,21-,22+,24+,25+,26+,27-,28-,29+,30+/m0/s1. The molecule has 0 bridgehead atoms. The number of allylic oxidation sites excluding steroid dienone is 1. The topological polar surface area (TPSA) is 130 Å². The predicted octanol–water partition coefficient (Wildman–Crippen LogP) is 3.01. The van der Waals surface area contributed by atoms with Gasteiger partial charge in [0.1, 0.15) is 18.3 Å². The summed E-state index contributed by atoms with van der Waals surface area (Å²) in [5, 5.41) is 43.0. The number of fused-ring (bicyclic) bond motifs is 5. The maximum Gasteiger partial charge on any atom is 0.335 e. The second-order valence-electron chi connectivity index (χ2n) is 13.1. The van der Waals surface area contributed by atoms with Gasteiger partial charge >= 0.3 is 5.63 Å². The van der Waals surface area contributed by atoms with E-state index in [1.807, 2.05) is 6.07 Å². The van der Waals surface area contributed by atoms with Gasteiger partial charge in [-0.2, -0.15) is 0 Å². The molecule has 0 radical (unpaired) electrons. The van der Waals surface area contributed by atoms with Crippen LogP contribution in [0.4, 0.5) is 0 Å². The van der Waals surface area contributed by atoms with Crippen LogP contribution in [0.3, 0.4) is 0 Å². The van der Waals surface area contributed by atoms with Crippen molar-refractivity contribution in [3.8, 4) is 0 Å². The van der Waals surface area contributed by atoms with E-state index in [1.54, 1.807) is 13.2 Å². The Morgan fingerprint density at radius 3 is 2.47 bits per heavy atom. The molecule has 0 aromatic carbocycles. The third-order valence-electron chi connectivity index (χ3n) is 11.5. The molecule has 1 saturated heterocycles. The van der Waals surface area contributed by atoms with Gasteiger partial charge in [0.05, 0.1) is 24.1 Å². The van der Waals surface area contributed by atoms with Crippen LogP contribution in [0.1, 0.15) is 83.6 Å². The lowest BCUT2D eigenvalue weighted by molar-refractivity contribution is -0.301. The Bertz CT molecular complexity index is 1130. The van der Waals surface area contributed by atoms with Crippen LogP contribution in [0.15, 0.2) is 39.3 Å². The molecule has 1 aromatic rings. The molecule has 0 unspecified atom stereocenters. The summed E-state index contributed by atoms with van der Waals surface area (Å²) in [6, 6.07) is 3.36. The summed E-state index contributed by atoms with van der Waals surface area (Å²) in [4.78, 5) is 11.5. The van der Waals surface area contributed by atoms with Crippen LogP contribution >= 0.6 is 0 Å². The third-order valence-corrected chi connectivity index (χ3v) is 11.5. The average molecular weight is 531 g/mol. The van der Waals surface area contributed by atoms with Crippen LogP contribution in [0.25, 0.3) is 0 Å². The Labute approximate surface area is 223 Å². The molecular weight excluding hydrogens is 488 g/mol. The van der Waals surface area contributed by atoms with E-state index in [9.17, 15) is 25.2 Å². The van der Waals surface area contributed by atoms with E-state index in [-0.39, 0.29) is 34.4 Å². The van der Waals surface area contributed by atoms with Crippen molar-refractivity contribution in [3.63, 3.8) is 0 Å². The molecule has 0 spiro atoms. The number of rotatable bonds is 3. The molecule has 6 rings (SSSR count). The molecule has 4 N–H and O–H groups in total. The monoisotopic (exact) mass is 530 g/mol. The Balaban J connectivity index is 1.21. The molecule has 5 aliphatic rings. The number of aliphatic hydroxyl groups is 4. The van der Waals surface area contributed by atoms with Crippen molar-refractivity contribution in [2.75, 3.05) is 0 Å². The minimum Gasteiger partial charge on any atom is -0.431 e. The molecule has 1 aromatic heterocycles. The van der Waals surface area contributed by atoms with Gasteiger partial charge < -0.3 is 34.3 Å². The summed E-state index contributed by atoms with van der Waals surface area (Å²) in [6.07, 6.45) is 5.32. The van der Waals surface area contributed by atoms with Crippen molar-refractivity contribution in [2.24, 2.45) is 22.7 Å². The number of hydrogen-bond donors (Lipinski definition) is 4. The van der Waals surface area contributed by atoms with Crippen LogP contribution in [0, 0.1) is 22.7 Å². The molecule has 12 atom stereocenters. The molecule has 0 amide bonds. The maximum absolute atomic E-state index is 12.4. The van der Waals surface area contributed by atoms with Crippen molar-refractivity contribution < 1.29 is 34.3 Å². The van der Waals surface area contributed by atoms with E-state index in [1.165, 1.54) is 11.6 Å². The maximum atomic E-state index is 12.4. The van der Waals surface area contributed by atoms with Crippen LogP contribution in [0.2, 0.25) is 0 Å². The second kappa shape index (κ2) is 9.25. The van der Waals surface area contributed by atoms with Crippen LogP contribution in [-0.4, -0.2) is 62.8 Å². The first kappa shape index (κ1) is 26.7. The normalized spacial score (nSPS) is 50.5. The molecule has 4 fully saturated rings. The van der Waals surface area contributed by atoms with Crippen molar-refractivity contribution in [3.05, 3.63) is 46.0 Å². The third kappa shape index (κ3) is 3.82. The lowest BCUT2D eigenvalue weighted by Gasteiger charge is -2.62. The highest BCUT2D eigenvalue weighted by molar-refractivity contribution is 5.31. The van der Waals surface area contributed by atoms with E-state index < -0.39 is 36.3 Å². The van der Waals surface area contributed by atoms with Crippen molar-refractivity contribution >= 4 is 0 Å². The summed E-state index contributed by atoms with van der Waals surface area (Å²) in [6.45, 7) is 6.26. The largest absolute Gasteiger partial charge is 0.431 e. The zero-order valence-electron chi connectivity index (χ0n) is 22.6. The van der Waals surface area contributed by atoms with Gasteiger partial charge in [-0.05, 0) is 93.1 Å². The lowest BCUT2D eigenvalue weighted by Crippen LogP contribution is -2.60. The first-order chi connectivity index (χ1) is 18.0. The molecule has 210 valence electrons. The fraction of sp³-hybridized carbons (Fsp3) is 0.767. The Morgan fingerprint density at radius 2 is 1.74 bits per heavy atom. The number of aliphatic hydroxyl groups excluding tert-OH is 3. The van der Waals surface area contributed by atoms with Gasteiger partial charge in [-0.3, -0.25) is 0 Å². The Morgan fingerprint density at radius 1 is 0.947 bits per heavy atom. The minimum atomic E-state index is -1.31. The SMILES string of the molecule is C[C@@H]1O[C@@H](O[C@@H]2C=C3CC[C@@H]4[C@H](CC[C@]5(C)[C@@H](c6ccc(=O)oc6)CC[C@@]45O)[C@@]3(C)CC2)[C@H](O)[C@H](O)[C@@H]1O. The molecule has 38 heavy (non-hydrogen) atoms. The fourth-order valence-electron chi connectivity index (χ4n) is 9.17. The Kier molecular flexibility index (Phi) is 6.49. The summed E-state index contributed by atoms with van der Waals surface area (Å²) >= 11 is 0. The Hall–Kier alpha value is -1.55. The molecule has 2 heterocycles. The molecule has 8 nitrogen and oxygen atoms in total. The minimum absolute atomic E-state index is 0.0213. The molecule has 4 aliphatic carbocycles. The zero-order chi connectivity index (χ0) is 27.0. The van der Waals surface area contributed by atoms with E-state index >= 15 is 0 Å². The van der Waals surface area contributed by atoms with Crippen LogP contribution < -0.4 is 5.63 Å². The molecular formula is C30H42O8. The van der Waals surface area contributed by atoms with Crippen molar-refractivity contribution in [2.45, 2.75) is 120 Å². The van der Waals surface area contributed by atoms with Crippen LogP contribution in [0.5, 0.6) is 0 Å². The van der Waals surface area contributed by atoms with E-state index in [4.69, 9.17) is 13.9 Å². The van der Waals surface area contributed by atoms with Gasteiger partial charge in [0, 0.05) is 11.5 Å². The molecule has 8 heteroatoms. The highest BCUT2D eigenvalue weighted by atomic mass is 16.7. The second-order valence-corrected chi connectivity index (χ2v) is 13.1. The van der Waals surface area contributed by atoms with Gasteiger partial charge in [0.25, 0.3) is 0 Å². The van der Waals surface area contributed by atoms with Gasteiger partial charge in [0.15, 0.2) is 6.29 Å². The quantitative estimate of drug-likeness (QED) is 0.439. The van der Waals surface area contributed by atoms with Crippen molar-refractivity contribution in [1.82, 2.24) is 0 Å². The highest BCUT2D eigenvalue weighted by Crippen LogP contribution is 2.70. The predicted molar refractivity (Wildman–Crippen MR) is 138 cm³/mol. The summed E-state index contributed by atoms with van der Waals surface area (Å²) in [5.74, 6) is 0.759. The van der Waals surface area contributed by atoms with E-state index in [0.717, 1.165) is 56.9 Å². The molecule has 1 aliphatic heterocycles. The summed E-state index contributed by atoms with van der Waals surface area (Å²) < 4.78 is 17.0. The first-order valence-corrected chi connectivity index (χ1v) is 14.4. The molecule has 3 saturated carbocycles. The highest BCUT2D eigenvalue weighted by Gasteiger charge is 2.66. The number of hydrogen-bond acceptors (Lipinski definition) is 8. The van der Waals surface area contributed by atoms with Crippen molar-refractivity contribution in [1.29, 1.82) is 0 Å². The van der Waals surface area contributed by atoms with Gasteiger partial charge in [-0.25, -0.2) is 4.79 Å². The van der Waals surface area contributed by atoms with Gasteiger partial charge in [-0.15, -0.1) is 0 Å². The van der Waals surface area contributed by atoms with E-state index in [2.05, 4.69) is 19.9 Å². The summed E-state index contributed by atoms with van der Waals surface area (Å²) in [5.41, 5.74) is 0.991. The number of ether oxygens (including phenoxy) is 2. The van der Waals surface area contributed by atoms with Gasteiger partial charge in [-0.1, -0.05) is 25.5 Å². The van der Waals surface area contributed by atoms with Crippen LogP contribution in [-0.2, 0) is 9.47 Å². The van der Waals surface area contributed by atoms with Gasteiger partial charge in [0.2, 0.25) is 0 Å². The summed E-state index contributed by atoms with van der Waals surface area (Å²) in [7, 11) is 0.